The third-order valence-electron chi connectivity index (χ3n) is 2.58. The maximum Gasteiger partial charge on any atom is 0.120 e. The van der Waals surface area contributed by atoms with Crippen molar-refractivity contribution in [3.05, 3.63) is 41.6 Å². The van der Waals surface area contributed by atoms with Gasteiger partial charge in [-0.3, -0.25) is 4.68 Å². The second kappa shape index (κ2) is 4.99. The molecule has 0 radical (unpaired) electrons. The van der Waals surface area contributed by atoms with E-state index in [0.29, 0.717) is 0 Å². The van der Waals surface area contributed by atoms with Gasteiger partial charge in [0, 0.05) is 26.2 Å². The maximum absolute atomic E-state index is 5.34. The normalized spacial score (nSPS) is 10.9. The van der Waals surface area contributed by atoms with Crippen LogP contribution in [0, 0.1) is 6.92 Å². The van der Waals surface area contributed by atoms with Gasteiger partial charge in [0.05, 0.1) is 18.5 Å². The van der Waals surface area contributed by atoms with E-state index < -0.39 is 0 Å². The first-order valence-electron chi connectivity index (χ1n) is 5.48. The lowest BCUT2D eigenvalue weighted by atomic mass is 10.2. The average molecular weight is 219 g/mol. The van der Waals surface area contributed by atoms with Gasteiger partial charge in [0.1, 0.15) is 5.76 Å². The number of hydrogen-bond acceptors (Lipinski definition) is 3. The predicted octanol–water partition coefficient (Wildman–Crippen LogP) is 1.65. The highest BCUT2D eigenvalue weighted by atomic mass is 16.3. The van der Waals surface area contributed by atoms with Gasteiger partial charge in [-0.05, 0) is 24.6 Å². The Morgan fingerprint density at radius 3 is 2.94 bits per heavy atom. The zero-order valence-corrected chi connectivity index (χ0v) is 9.73. The van der Waals surface area contributed by atoms with Crippen LogP contribution in [0.15, 0.2) is 29.0 Å². The van der Waals surface area contributed by atoms with Crippen LogP contribution in [0.4, 0.5) is 0 Å². The highest BCUT2D eigenvalue weighted by molar-refractivity contribution is 5.14. The highest BCUT2D eigenvalue weighted by Gasteiger charge is 2.01. The number of aromatic nitrogens is 2. The molecule has 0 unspecified atom stereocenters. The summed E-state index contributed by atoms with van der Waals surface area (Å²) in [6, 6.07) is 4.02. The number of aryl methyl sites for hydroxylation is 2. The molecule has 2 rings (SSSR count). The number of nitrogens with one attached hydrogen (secondary N) is 1. The number of nitrogens with zero attached hydrogens (tertiary/aromatic N) is 2. The quantitative estimate of drug-likeness (QED) is 0.778. The second-order valence-corrected chi connectivity index (χ2v) is 3.93. The van der Waals surface area contributed by atoms with Crippen LogP contribution in [-0.2, 0) is 20.0 Å². The van der Waals surface area contributed by atoms with Crippen molar-refractivity contribution in [3.63, 3.8) is 0 Å². The van der Waals surface area contributed by atoms with Crippen LogP contribution in [0.2, 0.25) is 0 Å². The molecule has 0 spiro atoms. The number of rotatable bonds is 5. The van der Waals surface area contributed by atoms with Gasteiger partial charge < -0.3 is 9.73 Å². The first kappa shape index (κ1) is 11.0. The van der Waals surface area contributed by atoms with Gasteiger partial charge in [-0.1, -0.05) is 0 Å². The fraction of sp³-hybridized carbons (Fsp3) is 0.417. The molecular weight excluding hydrogens is 202 g/mol. The summed E-state index contributed by atoms with van der Waals surface area (Å²) in [6.45, 7) is 3.75. The number of hydrogen-bond donors (Lipinski definition) is 1. The van der Waals surface area contributed by atoms with Gasteiger partial charge >= 0.3 is 0 Å². The summed E-state index contributed by atoms with van der Waals surface area (Å²) in [6.07, 6.45) is 4.64. The molecule has 0 aliphatic rings. The summed E-state index contributed by atoms with van der Waals surface area (Å²) < 4.78 is 7.16. The van der Waals surface area contributed by atoms with Crippen molar-refractivity contribution in [2.75, 3.05) is 6.54 Å². The van der Waals surface area contributed by atoms with Crippen LogP contribution in [0.25, 0.3) is 0 Å². The smallest absolute Gasteiger partial charge is 0.120 e. The molecule has 2 heterocycles. The molecule has 0 aromatic carbocycles. The minimum atomic E-state index is 0.783. The zero-order valence-electron chi connectivity index (χ0n) is 9.73. The molecule has 4 heteroatoms. The lowest BCUT2D eigenvalue weighted by Gasteiger charge is -2.01. The van der Waals surface area contributed by atoms with Crippen molar-refractivity contribution in [1.82, 2.24) is 15.1 Å². The summed E-state index contributed by atoms with van der Waals surface area (Å²) in [5.41, 5.74) is 2.32. The monoisotopic (exact) mass is 219 g/mol. The summed E-state index contributed by atoms with van der Waals surface area (Å²) >= 11 is 0. The molecule has 0 bridgehead atoms. The van der Waals surface area contributed by atoms with Gasteiger partial charge in [-0.2, -0.15) is 5.10 Å². The van der Waals surface area contributed by atoms with E-state index in [-0.39, 0.29) is 0 Å². The van der Waals surface area contributed by atoms with Gasteiger partial charge in [-0.15, -0.1) is 0 Å². The third kappa shape index (κ3) is 2.73. The van der Waals surface area contributed by atoms with E-state index in [0.717, 1.165) is 31.0 Å². The van der Waals surface area contributed by atoms with Crippen molar-refractivity contribution < 1.29 is 4.42 Å². The predicted molar refractivity (Wildman–Crippen MR) is 62.1 cm³/mol. The van der Waals surface area contributed by atoms with E-state index in [4.69, 9.17) is 4.42 Å². The molecular formula is C12H17N3O. The van der Waals surface area contributed by atoms with E-state index in [1.54, 1.807) is 6.26 Å². The molecule has 0 fully saturated rings. The number of furan rings is 1. The molecule has 0 aliphatic carbocycles. The molecule has 0 aliphatic heterocycles. The van der Waals surface area contributed by atoms with Gasteiger partial charge in [-0.25, -0.2) is 0 Å². The summed E-state index contributed by atoms with van der Waals surface area (Å²) in [5, 5.41) is 7.66. The fourth-order valence-electron chi connectivity index (χ4n) is 1.60. The van der Waals surface area contributed by atoms with Gasteiger partial charge in [0.2, 0.25) is 0 Å². The molecule has 0 saturated heterocycles. The van der Waals surface area contributed by atoms with E-state index in [1.807, 2.05) is 30.1 Å². The first-order chi connectivity index (χ1) is 7.75. The van der Waals surface area contributed by atoms with E-state index in [9.17, 15) is 0 Å². The Bertz CT molecular complexity index is 445. The van der Waals surface area contributed by atoms with Crippen LogP contribution >= 0.6 is 0 Å². The van der Waals surface area contributed by atoms with Crippen molar-refractivity contribution in [2.45, 2.75) is 19.9 Å². The maximum atomic E-state index is 5.34. The van der Waals surface area contributed by atoms with Crippen molar-refractivity contribution in [3.8, 4) is 0 Å². The van der Waals surface area contributed by atoms with E-state index >= 15 is 0 Å². The van der Waals surface area contributed by atoms with E-state index in [2.05, 4.69) is 17.3 Å². The minimum Gasteiger partial charge on any atom is -0.468 e. The third-order valence-corrected chi connectivity index (χ3v) is 2.58. The van der Waals surface area contributed by atoms with E-state index in [1.165, 1.54) is 5.56 Å². The zero-order chi connectivity index (χ0) is 11.4. The summed E-state index contributed by atoms with van der Waals surface area (Å²) in [4.78, 5) is 0. The Morgan fingerprint density at radius 1 is 1.44 bits per heavy atom. The lowest BCUT2D eigenvalue weighted by molar-refractivity contribution is 0.481. The Labute approximate surface area is 95.3 Å². The largest absolute Gasteiger partial charge is 0.468 e. The Balaban J connectivity index is 1.71. The Morgan fingerprint density at radius 2 is 2.31 bits per heavy atom. The standard InChI is InChI=1S/C12H17N3O/c1-10-5-8-16-12(10)9-13-6-3-11-4-7-15(2)14-11/h4-5,7-8,13H,3,6,9H2,1-2H3. The minimum absolute atomic E-state index is 0.783. The molecule has 86 valence electrons. The average Bonchev–Trinajstić information content (AvgIpc) is 2.83. The topological polar surface area (TPSA) is 43.0 Å². The first-order valence-corrected chi connectivity index (χ1v) is 5.48. The lowest BCUT2D eigenvalue weighted by Crippen LogP contribution is -2.17. The van der Waals surface area contributed by atoms with Crippen molar-refractivity contribution >= 4 is 0 Å². The molecule has 16 heavy (non-hydrogen) atoms. The molecule has 0 saturated carbocycles. The molecule has 1 N–H and O–H groups in total. The van der Waals surface area contributed by atoms with Gasteiger partial charge in [0.25, 0.3) is 0 Å². The molecule has 2 aromatic heterocycles. The fourth-order valence-corrected chi connectivity index (χ4v) is 1.60. The SMILES string of the molecule is Cc1ccoc1CNCCc1ccn(C)n1. The van der Waals surface area contributed by atoms with Crippen LogP contribution in [0.3, 0.4) is 0 Å². The molecule has 2 aromatic rings. The van der Waals surface area contributed by atoms with Crippen molar-refractivity contribution in [1.29, 1.82) is 0 Å². The van der Waals surface area contributed by atoms with Crippen molar-refractivity contribution in [2.24, 2.45) is 7.05 Å². The molecule has 0 amide bonds. The second-order valence-electron chi connectivity index (χ2n) is 3.93. The van der Waals surface area contributed by atoms with Crippen LogP contribution in [-0.4, -0.2) is 16.3 Å². The van der Waals surface area contributed by atoms with Crippen LogP contribution < -0.4 is 5.32 Å². The molecule has 4 nitrogen and oxygen atoms in total. The summed E-state index contributed by atoms with van der Waals surface area (Å²) in [5.74, 6) is 1.01. The van der Waals surface area contributed by atoms with Crippen LogP contribution in [0.1, 0.15) is 17.0 Å². The van der Waals surface area contributed by atoms with Crippen LogP contribution in [0.5, 0.6) is 0 Å². The Kier molecular flexibility index (Phi) is 3.41. The summed E-state index contributed by atoms with van der Waals surface area (Å²) in [7, 11) is 1.93. The van der Waals surface area contributed by atoms with Gasteiger partial charge in [0.15, 0.2) is 0 Å². The Hall–Kier alpha value is -1.55. The highest BCUT2D eigenvalue weighted by Crippen LogP contribution is 2.07. The molecule has 0 atom stereocenters.